The van der Waals surface area contributed by atoms with Crippen molar-refractivity contribution in [3.63, 3.8) is 0 Å². The monoisotopic (exact) mass is 210 g/mol. The molecule has 0 fully saturated rings. The molecule has 84 valence electrons. The van der Waals surface area contributed by atoms with Crippen molar-refractivity contribution in [2.24, 2.45) is 0 Å². The lowest BCUT2D eigenvalue weighted by molar-refractivity contribution is -0.0497. The third kappa shape index (κ3) is 3.22. The highest BCUT2D eigenvalue weighted by molar-refractivity contribution is 5.29. The average Bonchev–Trinajstić information content (AvgIpc) is 2.17. The molecule has 2 N–H and O–H groups in total. The van der Waals surface area contributed by atoms with E-state index in [2.05, 4.69) is 0 Å². The fraction of sp³-hybridized carbons (Fsp3) is 0.500. The molecular formula is C12H18O3. The van der Waals surface area contributed by atoms with Gasteiger partial charge < -0.3 is 14.9 Å². The number of hydrogen-bond donors (Lipinski definition) is 2. The van der Waals surface area contributed by atoms with Gasteiger partial charge in [-0.1, -0.05) is 12.1 Å². The number of benzene rings is 1. The summed E-state index contributed by atoms with van der Waals surface area (Å²) in [6, 6.07) is 7.09. The molecule has 1 rings (SSSR count). The Morgan fingerprint density at radius 1 is 1.27 bits per heavy atom. The highest BCUT2D eigenvalue weighted by Crippen LogP contribution is 2.26. The first-order chi connectivity index (χ1) is 6.95. The molecule has 0 spiro atoms. The smallest absolute Gasteiger partial charge is 0.119 e. The minimum absolute atomic E-state index is 0.618. The Bertz CT molecular complexity index is 298. The first kappa shape index (κ1) is 12.0. The van der Waals surface area contributed by atoms with Crippen molar-refractivity contribution in [3.8, 4) is 5.75 Å². The van der Waals surface area contributed by atoms with E-state index in [0.717, 1.165) is 5.75 Å². The van der Waals surface area contributed by atoms with Crippen molar-refractivity contribution in [1.29, 1.82) is 0 Å². The highest BCUT2D eigenvalue weighted by Gasteiger charge is 2.25. The molecule has 0 saturated carbocycles. The molecule has 1 unspecified atom stereocenters. The van der Waals surface area contributed by atoms with E-state index >= 15 is 0 Å². The second-order valence-corrected chi connectivity index (χ2v) is 4.06. The lowest BCUT2D eigenvalue weighted by Crippen LogP contribution is -2.28. The van der Waals surface area contributed by atoms with Crippen LogP contribution in [0.25, 0.3) is 0 Å². The van der Waals surface area contributed by atoms with Crippen LogP contribution in [0, 0.1) is 0 Å². The van der Waals surface area contributed by atoms with Gasteiger partial charge in [-0.2, -0.15) is 0 Å². The van der Waals surface area contributed by atoms with Crippen LogP contribution in [0.4, 0.5) is 0 Å². The molecule has 0 amide bonds. The van der Waals surface area contributed by atoms with Crippen LogP contribution in [0.3, 0.4) is 0 Å². The summed E-state index contributed by atoms with van der Waals surface area (Å²) < 4.78 is 5.28. The van der Waals surface area contributed by atoms with E-state index in [1.54, 1.807) is 38.1 Å². The summed E-state index contributed by atoms with van der Waals surface area (Å²) in [5.74, 6) is 0.768. The number of aliphatic hydroxyl groups is 2. The number of hydrogen-bond acceptors (Lipinski definition) is 3. The summed E-state index contributed by atoms with van der Waals surface area (Å²) in [6.45, 7) is 5.69. The van der Waals surface area contributed by atoms with Crippen LogP contribution in [0.5, 0.6) is 5.75 Å². The van der Waals surface area contributed by atoms with Gasteiger partial charge in [-0.25, -0.2) is 0 Å². The van der Waals surface area contributed by atoms with Crippen LogP contribution in [0.15, 0.2) is 24.3 Å². The van der Waals surface area contributed by atoms with Gasteiger partial charge in [0.1, 0.15) is 11.9 Å². The topological polar surface area (TPSA) is 49.7 Å². The van der Waals surface area contributed by atoms with E-state index in [-0.39, 0.29) is 0 Å². The van der Waals surface area contributed by atoms with Gasteiger partial charge in [-0.05, 0) is 38.5 Å². The summed E-state index contributed by atoms with van der Waals surface area (Å²) >= 11 is 0. The van der Waals surface area contributed by atoms with E-state index in [1.807, 2.05) is 6.92 Å². The predicted octanol–water partition coefficient (Wildman–Crippen LogP) is 1.89. The van der Waals surface area contributed by atoms with Crippen molar-refractivity contribution >= 4 is 0 Å². The van der Waals surface area contributed by atoms with Gasteiger partial charge in [-0.3, -0.25) is 0 Å². The van der Waals surface area contributed by atoms with Crippen molar-refractivity contribution in [3.05, 3.63) is 29.8 Å². The van der Waals surface area contributed by atoms with Crippen LogP contribution in [0.2, 0.25) is 0 Å². The van der Waals surface area contributed by atoms with Crippen LogP contribution in [-0.2, 0) is 0 Å². The fourth-order valence-corrected chi connectivity index (χ4v) is 1.32. The summed E-state index contributed by atoms with van der Waals surface area (Å²) in [4.78, 5) is 0. The molecule has 0 bridgehead atoms. The molecule has 0 heterocycles. The third-order valence-electron chi connectivity index (χ3n) is 2.18. The van der Waals surface area contributed by atoms with E-state index in [9.17, 15) is 10.2 Å². The van der Waals surface area contributed by atoms with Crippen LogP contribution >= 0.6 is 0 Å². The van der Waals surface area contributed by atoms with E-state index in [0.29, 0.717) is 12.2 Å². The largest absolute Gasteiger partial charge is 0.494 e. The van der Waals surface area contributed by atoms with Gasteiger partial charge >= 0.3 is 0 Å². The van der Waals surface area contributed by atoms with Crippen molar-refractivity contribution in [2.45, 2.75) is 32.5 Å². The number of ether oxygens (including phenoxy) is 1. The van der Waals surface area contributed by atoms with Gasteiger partial charge in [0.15, 0.2) is 0 Å². The Labute approximate surface area is 90.3 Å². The Hall–Kier alpha value is -1.06. The molecule has 0 saturated heterocycles. The maximum absolute atomic E-state index is 9.79. The molecule has 0 aliphatic heterocycles. The SMILES string of the molecule is CCOc1ccc(C(O)C(C)(C)O)cc1. The van der Waals surface area contributed by atoms with Gasteiger partial charge in [-0.15, -0.1) is 0 Å². The second kappa shape index (κ2) is 4.64. The second-order valence-electron chi connectivity index (χ2n) is 4.06. The number of aliphatic hydroxyl groups excluding tert-OH is 1. The molecule has 1 aromatic carbocycles. The van der Waals surface area contributed by atoms with E-state index in [1.165, 1.54) is 0 Å². The molecule has 0 radical (unpaired) electrons. The molecule has 15 heavy (non-hydrogen) atoms. The van der Waals surface area contributed by atoms with Crippen molar-refractivity contribution < 1.29 is 14.9 Å². The van der Waals surface area contributed by atoms with Crippen LogP contribution in [-0.4, -0.2) is 22.4 Å². The molecular weight excluding hydrogens is 192 g/mol. The summed E-state index contributed by atoms with van der Waals surface area (Å²) in [6.07, 6.45) is -0.881. The minimum Gasteiger partial charge on any atom is -0.494 e. The average molecular weight is 210 g/mol. The molecule has 1 atom stereocenters. The normalized spacial score (nSPS) is 13.7. The van der Waals surface area contributed by atoms with Crippen LogP contribution < -0.4 is 4.74 Å². The fourth-order valence-electron chi connectivity index (χ4n) is 1.32. The Balaban J connectivity index is 2.80. The first-order valence-corrected chi connectivity index (χ1v) is 5.08. The third-order valence-corrected chi connectivity index (χ3v) is 2.18. The van der Waals surface area contributed by atoms with Gasteiger partial charge in [0.2, 0.25) is 0 Å². The molecule has 0 aromatic heterocycles. The van der Waals surface area contributed by atoms with Gasteiger partial charge in [0.25, 0.3) is 0 Å². The first-order valence-electron chi connectivity index (χ1n) is 5.08. The Kier molecular flexibility index (Phi) is 3.72. The van der Waals surface area contributed by atoms with Crippen molar-refractivity contribution in [2.75, 3.05) is 6.61 Å². The van der Waals surface area contributed by atoms with Crippen LogP contribution in [0.1, 0.15) is 32.4 Å². The summed E-state index contributed by atoms with van der Waals surface area (Å²) in [5.41, 5.74) is -0.446. The van der Waals surface area contributed by atoms with Gasteiger partial charge in [0, 0.05) is 0 Å². The summed E-state index contributed by atoms with van der Waals surface area (Å²) in [5, 5.41) is 19.4. The predicted molar refractivity (Wildman–Crippen MR) is 58.9 cm³/mol. The quantitative estimate of drug-likeness (QED) is 0.797. The zero-order chi connectivity index (χ0) is 11.5. The molecule has 3 heteroatoms. The minimum atomic E-state index is -1.13. The number of rotatable bonds is 4. The zero-order valence-electron chi connectivity index (χ0n) is 9.40. The van der Waals surface area contributed by atoms with Crippen molar-refractivity contribution in [1.82, 2.24) is 0 Å². The molecule has 0 aliphatic carbocycles. The highest BCUT2D eigenvalue weighted by atomic mass is 16.5. The maximum atomic E-state index is 9.79. The molecule has 0 aliphatic rings. The Morgan fingerprint density at radius 3 is 2.20 bits per heavy atom. The maximum Gasteiger partial charge on any atom is 0.119 e. The standard InChI is InChI=1S/C12H18O3/c1-4-15-10-7-5-9(6-8-10)11(13)12(2,3)14/h5-8,11,13-14H,4H2,1-3H3. The lowest BCUT2D eigenvalue weighted by Gasteiger charge is -2.24. The van der Waals surface area contributed by atoms with E-state index < -0.39 is 11.7 Å². The lowest BCUT2D eigenvalue weighted by atomic mass is 9.95. The van der Waals surface area contributed by atoms with Gasteiger partial charge in [0.05, 0.1) is 12.2 Å². The van der Waals surface area contributed by atoms with E-state index in [4.69, 9.17) is 4.74 Å². The Morgan fingerprint density at radius 2 is 1.80 bits per heavy atom. The zero-order valence-corrected chi connectivity index (χ0v) is 9.40. The molecule has 3 nitrogen and oxygen atoms in total. The molecule has 1 aromatic rings. The summed E-state index contributed by atoms with van der Waals surface area (Å²) in [7, 11) is 0.